The Bertz CT molecular complexity index is 601. The van der Waals surface area contributed by atoms with Gasteiger partial charge in [0.1, 0.15) is 0 Å². The summed E-state index contributed by atoms with van der Waals surface area (Å²) in [6, 6.07) is 5.76. The topological polar surface area (TPSA) is 76.1 Å². The number of hydrogen-bond donors (Lipinski definition) is 1. The molecule has 2 heterocycles. The predicted molar refractivity (Wildman–Crippen MR) is 82.7 cm³/mol. The van der Waals surface area contributed by atoms with E-state index in [-0.39, 0.29) is 5.91 Å². The number of carbonyl (C=O) groups is 2. The highest BCUT2D eigenvalue weighted by Gasteiger charge is 2.30. The minimum atomic E-state index is -0.816. The molecule has 1 N–H and O–H groups in total. The van der Waals surface area contributed by atoms with Gasteiger partial charge in [0.2, 0.25) is 5.91 Å². The van der Waals surface area contributed by atoms with E-state index in [1.807, 2.05) is 18.2 Å². The molecule has 2 aliphatic heterocycles. The smallest absolute Gasteiger partial charge is 0.308 e. The molecular weight excluding hydrogens is 298 g/mol. The van der Waals surface area contributed by atoms with Gasteiger partial charge < -0.3 is 19.5 Å². The Kier molecular flexibility index (Phi) is 4.69. The first kappa shape index (κ1) is 15.6. The van der Waals surface area contributed by atoms with E-state index < -0.39 is 11.9 Å². The third-order valence-electron chi connectivity index (χ3n) is 4.33. The highest BCUT2D eigenvalue weighted by atomic mass is 16.5. The molecule has 0 radical (unpaired) electrons. The number of carboxylic acid groups (broad SMARTS) is 1. The Hall–Kier alpha value is -2.24. The number of nitrogens with zero attached hydrogens (tertiary/aromatic N) is 1. The summed E-state index contributed by atoms with van der Waals surface area (Å²) in [7, 11) is 0. The monoisotopic (exact) mass is 319 g/mol. The first-order valence-corrected chi connectivity index (χ1v) is 8.02. The quantitative estimate of drug-likeness (QED) is 0.914. The lowest BCUT2D eigenvalue weighted by molar-refractivity contribution is -0.141. The number of hydrogen-bond acceptors (Lipinski definition) is 4. The van der Waals surface area contributed by atoms with Crippen molar-refractivity contribution in [3.8, 4) is 11.5 Å². The van der Waals surface area contributed by atoms with Crippen LogP contribution in [0.25, 0.3) is 0 Å². The van der Waals surface area contributed by atoms with Crippen LogP contribution in [0, 0.1) is 5.92 Å². The van der Waals surface area contributed by atoms with Gasteiger partial charge in [0.25, 0.3) is 0 Å². The van der Waals surface area contributed by atoms with Crippen LogP contribution in [0.15, 0.2) is 18.2 Å². The number of amides is 1. The molecule has 0 aromatic heterocycles. The van der Waals surface area contributed by atoms with Gasteiger partial charge in [0, 0.05) is 25.9 Å². The molecule has 0 saturated carbocycles. The molecule has 124 valence electrons. The zero-order valence-corrected chi connectivity index (χ0v) is 13.0. The number of rotatable bonds is 4. The average Bonchev–Trinajstić information content (AvgIpc) is 2.93. The van der Waals surface area contributed by atoms with Crippen molar-refractivity contribution in [2.24, 2.45) is 5.92 Å². The van der Waals surface area contributed by atoms with Gasteiger partial charge in [-0.1, -0.05) is 6.07 Å². The summed E-state index contributed by atoms with van der Waals surface area (Å²) in [5.74, 6) is 0.266. The van der Waals surface area contributed by atoms with Gasteiger partial charge in [-0.05, 0) is 30.5 Å². The summed E-state index contributed by atoms with van der Waals surface area (Å²) in [6.07, 6.45) is 2.41. The number of likely N-dealkylation sites (tertiary alicyclic amines) is 1. The van der Waals surface area contributed by atoms with Crippen LogP contribution in [0.1, 0.15) is 24.8 Å². The maximum Gasteiger partial charge on any atom is 0.308 e. The van der Waals surface area contributed by atoms with Gasteiger partial charge in [0.15, 0.2) is 11.5 Å². The fourth-order valence-corrected chi connectivity index (χ4v) is 2.96. The molecular formula is C17H21NO5. The van der Waals surface area contributed by atoms with Crippen LogP contribution < -0.4 is 9.47 Å². The first-order chi connectivity index (χ1) is 11.1. The Morgan fingerprint density at radius 2 is 2.00 bits per heavy atom. The van der Waals surface area contributed by atoms with E-state index in [0.29, 0.717) is 45.6 Å². The van der Waals surface area contributed by atoms with Gasteiger partial charge in [-0.2, -0.15) is 0 Å². The first-order valence-electron chi connectivity index (χ1n) is 8.02. The van der Waals surface area contributed by atoms with Gasteiger partial charge in [-0.15, -0.1) is 0 Å². The number of aliphatic carboxylic acids is 1. The summed E-state index contributed by atoms with van der Waals surface area (Å²) in [5.41, 5.74) is 1.02. The molecule has 1 saturated heterocycles. The number of aryl methyl sites for hydroxylation is 1. The van der Waals surface area contributed by atoms with Gasteiger partial charge in [-0.25, -0.2) is 0 Å². The van der Waals surface area contributed by atoms with E-state index in [9.17, 15) is 9.59 Å². The maximum atomic E-state index is 12.2. The van der Waals surface area contributed by atoms with Crippen molar-refractivity contribution in [3.05, 3.63) is 23.8 Å². The average molecular weight is 319 g/mol. The largest absolute Gasteiger partial charge is 0.490 e. The van der Waals surface area contributed by atoms with Crippen molar-refractivity contribution < 1.29 is 24.2 Å². The second-order valence-electron chi connectivity index (χ2n) is 6.00. The van der Waals surface area contributed by atoms with E-state index in [0.717, 1.165) is 23.5 Å². The Balaban J connectivity index is 1.55. The van der Waals surface area contributed by atoms with Crippen LogP contribution in [0.2, 0.25) is 0 Å². The van der Waals surface area contributed by atoms with Crippen molar-refractivity contribution in [1.29, 1.82) is 0 Å². The highest BCUT2D eigenvalue weighted by molar-refractivity contribution is 5.79. The Labute approximate surface area is 135 Å². The summed E-state index contributed by atoms with van der Waals surface area (Å²) in [6.45, 7) is 2.16. The molecule has 0 aliphatic carbocycles. The maximum absolute atomic E-state index is 12.2. The second-order valence-corrected chi connectivity index (χ2v) is 6.00. The number of fused-ring (bicyclic) bond motifs is 1. The van der Waals surface area contributed by atoms with Crippen molar-refractivity contribution in [2.45, 2.75) is 25.7 Å². The molecule has 23 heavy (non-hydrogen) atoms. The zero-order valence-electron chi connectivity index (χ0n) is 13.0. The van der Waals surface area contributed by atoms with Crippen LogP contribution in [0.5, 0.6) is 11.5 Å². The predicted octanol–water partition coefficient (Wildman–Crippen LogP) is 1.71. The van der Waals surface area contributed by atoms with Crippen molar-refractivity contribution in [1.82, 2.24) is 4.90 Å². The van der Waals surface area contributed by atoms with E-state index in [1.54, 1.807) is 4.90 Å². The molecule has 1 aromatic rings. The number of ether oxygens (including phenoxy) is 2. The van der Waals surface area contributed by atoms with Crippen LogP contribution in [-0.4, -0.2) is 48.2 Å². The van der Waals surface area contributed by atoms with Crippen LogP contribution in [-0.2, 0) is 16.0 Å². The standard InChI is InChI=1S/C17H21NO5/c19-16(18-7-6-13(11-18)17(20)21)5-3-12-2-4-14-15(10-12)23-9-1-8-22-14/h2,4,10,13H,1,3,5-9,11H2,(H,20,21). The molecule has 6 nitrogen and oxygen atoms in total. The van der Waals surface area contributed by atoms with Gasteiger partial charge in [-0.3, -0.25) is 9.59 Å². The van der Waals surface area contributed by atoms with Crippen molar-refractivity contribution in [2.75, 3.05) is 26.3 Å². The van der Waals surface area contributed by atoms with Crippen molar-refractivity contribution >= 4 is 11.9 Å². The van der Waals surface area contributed by atoms with Crippen molar-refractivity contribution in [3.63, 3.8) is 0 Å². The lowest BCUT2D eigenvalue weighted by Crippen LogP contribution is -2.30. The molecule has 6 heteroatoms. The third kappa shape index (κ3) is 3.75. The minimum Gasteiger partial charge on any atom is -0.490 e. The van der Waals surface area contributed by atoms with Crippen LogP contribution in [0.3, 0.4) is 0 Å². The van der Waals surface area contributed by atoms with E-state index in [1.165, 1.54) is 0 Å². The van der Waals surface area contributed by atoms with E-state index in [2.05, 4.69) is 0 Å². The molecule has 1 amide bonds. The SMILES string of the molecule is O=C(O)C1CCN(C(=O)CCc2ccc3c(c2)OCCCO3)C1. The fourth-order valence-electron chi connectivity index (χ4n) is 2.96. The third-order valence-corrected chi connectivity index (χ3v) is 4.33. The van der Waals surface area contributed by atoms with E-state index >= 15 is 0 Å². The van der Waals surface area contributed by atoms with Crippen LogP contribution >= 0.6 is 0 Å². The summed E-state index contributed by atoms with van der Waals surface area (Å²) in [5, 5.41) is 8.99. The number of carbonyl (C=O) groups excluding carboxylic acids is 1. The summed E-state index contributed by atoms with van der Waals surface area (Å²) < 4.78 is 11.2. The normalized spacial score (nSPS) is 20.2. The molecule has 1 atom stereocenters. The molecule has 1 unspecified atom stereocenters. The fraction of sp³-hybridized carbons (Fsp3) is 0.529. The van der Waals surface area contributed by atoms with E-state index in [4.69, 9.17) is 14.6 Å². The van der Waals surface area contributed by atoms with Gasteiger partial charge in [0.05, 0.1) is 19.1 Å². The summed E-state index contributed by atoms with van der Waals surface area (Å²) in [4.78, 5) is 24.8. The van der Waals surface area contributed by atoms with Gasteiger partial charge >= 0.3 is 5.97 Å². The molecule has 0 spiro atoms. The minimum absolute atomic E-state index is 0.0147. The number of carboxylic acids is 1. The lowest BCUT2D eigenvalue weighted by atomic mass is 10.1. The molecule has 1 fully saturated rings. The molecule has 0 bridgehead atoms. The molecule has 3 rings (SSSR count). The number of benzene rings is 1. The van der Waals surface area contributed by atoms with Crippen LogP contribution in [0.4, 0.5) is 0 Å². The highest BCUT2D eigenvalue weighted by Crippen LogP contribution is 2.30. The molecule has 1 aromatic carbocycles. The summed E-state index contributed by atoms with van der Waals surface area (Å²) >= 11 is 0. The Morgan fingerprint density at radius 1 is 1.22 bits per heavy atom. The molecule has 2 aliphatic rings. The lowest BCUT2D eigenvalue weighted by Gasteiger charge is -2.16. The second kappa shape index (κ2) is 6.89. The Morgan fingerprint density at radius 3 is 2.74 bits per heavy atom. The zero-order chi connectivity index (χ0) is 16.2.